The minimum atomic E-state index is -1.53. The van der Waals surface area contributed by atoms with Gasteiger partial charge in [-0.2, -0.15) is 0 Å². The van der Waals surface area contributed by atoms with Crippen LogP contribution in [0.3, 0.4) is 0 Å². The third-order valence-electron chi connectivity index (χ3n) is 6.56. The van der Waals surface area contributed by atoms with Gasteiger partial charge < -0.3 is 26.0 Å². The number of anilines is 1. The van der Waals surface area contributed by atoms with Gasteiger partial charge in [0.2, 0.25) is 0 Å². The van der Waals surface area contributed by atoms with Crippen LogP contribution in [0.2, 0.25) is 0 Å². The maximum absolute atomic E-state index is 14.9. The molecule has 2 aromatic heterocycles. The summed E-state index contributed by atoms with van der Waals surface area (Å²) in [6.45, 7) is 4.57. The largest absolute Gasteiger partial charge is 0.389 e. The monoisotopic (exact) mass is 530 g/mol. The highest BCUT2D eigenvalue weighted by molar-refractivity contribution is 6.03. The maximum atomic E-state index is 14.9. The lowest BCUT2D eigenvalue weighted by Crippen LogP contribution is -2.49. The molecule has 3 aromatic rings. The van der Waals surface area contributed by atoms with Crippen LogP contribution in [0.25, 0.3) is 11.3 Å². The van der Waals surface area contributed by atoms with Crippen LogP contribution >= 0.6 is 0 Å². The van der Waals surface area contributed by atoms with E-state index in [2.05, 4.69) is 15.3 Å². The van der Waals surface area contributed by atoms with E-state index in [-0.39, 0.29) is 16.9 Å². The van der Waals surface area contributed by atoms with Gasteiger partial charge in [0.15, 0.2) is 0 Å². The SMILES string of the molecule is CC[C@H]1O[C@@H](c2ccncc2NC(=O)c2ccc(F)c(-c3c(F)cc(C(C)(C)O)cc3F)n2)C[C@@H](N)[C@@H]1O. The number of benzene rings is 1. The zero-order valence-electron chi connectivity index (χ0n) is 21.1. The van der Waals surface area contributed by atoms with Gasteiger partial charge in [-0.25, -0.2) is 18.2 Å². The molecular weight excluding hydrogens is 501 g/mol. The van der Waals surface area contributed by atoms with Crippen molar-refractivity contribution in [3.8, 4) is 11.3 Å². The molecular formula is C27H29F3N4O4. The van der Waals surface area contributed by atoms with Crippen molar-refractivity contribution in [3.05, 3.63) is 77.0 Å². The summed E-state index contributed by atoms with van der Waals surface area (Å²) in [5, 5.41) is 23.0. The average Bonchev–Trinajstić information content (AvgIpc) is 2.86. The van der Waals surface area contributed by atoms with E-state index in [1.54, 1.807) is 6.07 Å². The molecule has 1 aliphatic rings. The Bertz CT molecular complexity index is 1330. The molecule has 38 heavy (non-hydrogen) atoms. The van der Waals surface area contributed by atoms with Crippen LogP contribution in [0.15, 0.2) is 42.7 Å². The average molecular weight is 531 g/mol. The van der Waals surface area contributed by atoms with Crippen LogP contribution in [-0.4, -0.2) is 44.3 Å². The summed E-state index contributed by atoms with van der Waals surface area (Å²) in [4.78, 5) is 21.0. The highest BCUT2D eigenvalue weighted by Gasteiger charge is 2.36. The Balaban J connectivity index is 1.64. The van der Waals surface area contributed by atoms with Gasteiger partial charge in [0.25, 0.3) is 5.91 Å². The lowest BCUT2D eigenvalue weighted by Gasteiger charge is -2.38. The molecule has 0 aliphatic carbocycles. The number of nitrogens with one attached hydrogen (secondary N) is 1. The van der Waals surface area contributed by atoms with E-state index in [4.69, 9.17) is 10.5 Å². The quantitative estimate of drug-likeness (QED) is 0.379. The van der Waals surface area contributed by atoms with Crippen LogP contribution in [0.1, 0.15) is 61.3 Å². The first-order chi connectivity index (χ1) is 17.9. The summed E-state index contributed by atoms with van der Waals surface area (Å²) >= 11 is 0. The number of nitrogens with two attached hydrogens (primary N) is 1. The molecule has 0 spiro atoms. The highest BCUT2D eigenvalue weighted by Crippen LogP contribution is 2.36. The van der Waals surface area contributed by atoms with Gasteiger partial charge in [0, 0.05) is 17.8 Å². The van der Waals surface area contributed by atoms with Gasteiger partial charge >= 0.3 is 0 Å². The number of amides is 1. The molecule has 0 unspecified atom stereocenters. The number of hydrogen-bond donors (Lipinski definition) is 4. The normalized spacial score (nSPS) is 21.8. The van der Waals surface area contributed by atoms with E-state index < -0.39 is 64.6 Å². The Morgan fingerprint density at radius 1 is 1.18 bits per heavy atom. The summed E-state index contributed by atoms with van der Waals surface area (Å²) in [6, 6.07) is 4.87. The van der Waals surface area contributed by atoms with Crippen molar-refractivity contribution >= 4 is 11.6 Å². The molecule has 4 atom stereocenters. The summed E-state index contributed by atoms with van der Waals surface area (Å²) in [5.74, 6) is -4.09. The minimum Gasteiger partial charge on any atom is -0.389 e. The first-order valence-electron chi connectivity index (χ1n) is 12.1. The fourth-order valence-electron chi connectivity index (χ4n) is 4.42. The van der Waals surface area contributed by atoms with Gasteiger partial charge in [-0.3, -0.25) is 9.78 Å². The Morgan fingerprint density at radius 3 is 2.50 bits per heavy atom. The van der Waals surface area contributed by atoms with Crippen LogP contribution in [0.4, 0.5) is 18.9 Å². The fourth-order valence-corrected chi connectivity index (χ4v) is 4.42. The first-order valence-corrected chi connectivity index (χ1v) is 12.1. The number of aromatic nitrogens is 2. The second-order valence-corrected chi connectivity index (χ2v) is 9.78. The zero-order valence-corrected chi connectivity index (χ0v) is 21.1. The summed E-state index contributed by atoms with van der Waals surface area (Å²) in [7, 11) is 0. The lowest BCUT2D eigenvalue weighted by atomic mass is 9.91. The molecule has 4 rings (SSSR count). The predicted molar refractivity (Wildman–Crippen MR) is 133 cm³/mol. The molecule has 0 saturated carbocycles. The molecule has 11 heteroatoms. The number of carbonyl (C=O) groups is 1. The van der Waals surface area contributed by atoms with Crippen LogP contribution < -0.4 is 11.1 Å². The molecule has 5 N–H and O–H groups in total. The van der Waals surface area contributed by atoms with Crippen molar-refractivity contribution in [1.29, 1.82) is 0 Å². The molecule has 0 bridgehead atoms. The number of rotatable bonds is 6. The van der Waals surface area contributed by atoms with Crippen LogP contribution in [0, 0.1) is 17.5 Å². The van der Waals surface area contributed by atoms with E-state index in [0.717, 1.165) is 24.3 Å². The molecule has 1 aliphatic heterocycles. The number of halogens is 3. The molecule has 202 valence electrons. The van der Waals surface area contributed by atoms with Crippen molar-refractivity contribution < 1.29 is 32.9 Å². The molecule has 1 amide bonds. The molecule has 0 radical (unpaired) electrons. The van der Waals surface area contributed by atoms with E-state index >= 15 is 0 Å². The van der Waals surface area contributed by atoms with Gasteiger partial charge in [-0.15, -0.1) is 0 Å². The van der Waals surface area contributed by atoms with E-state index in [1.165, 1.54) is 26.2 Å². The van der Waals surface area contributed by atoms with Gasteiger partial charge in [-0.1, -0.05) is 6.92 Å². The summed E-state index contributed by atoms with van der Waals surface area (Å²) < 4.78 is 50.4. The lowest BCUT2D eigenvalue weighted by molar-refractivity contribution is -0.128. The fraction of sp³-hybridized carbons (Fsp3) is 0.370. The third kappa shape index (κ3) is 5.56. The number of aliphatic hydroxyl groups is 2. The zero-order chi connectivity index (χ0) is 27.8. The smallest absolute Gasteiger partial charge is 0.274 e. The standard InChI is InChI=1S/C27H29F3N4O4/c1-4-21-25(35)18(31)11-22(38-21)14-7-8-32-12-20(14)34-26(36)19-6-5-15(28)24(33-19)23-16(29)9-13(10-17(23)30)27(2,3)37/h5-10,12,18,21-22,25,35,37H,4,11,31H2,1-3H3,(H,34,36)/t18-,21-,22-,25+/m1/s1. The number of hydrogen-bond acceptors (Lipinski definition) is 7. The first kappa shape index (κ1) is 27.6. The second kappa shape index (κ2) is 10.8. The minimum absolute atomic E-state index is 0.0443. The number of nitrogens with zero attached hydrogens (tertiary/aromatic N) is 2. The van der Waals surface area contributed by atoms with E-state index in [1.807, 2.05) is 6.92 Å². The van der Waals surface area contributed by atoms with Gasteiger partial charge in [0.05, 0.1) is 41.4 Å². The van der Waals surface area contributed by atoms with Crippen LogP contribution in [0.5, 0.6) is 0 Å². The Hall–Kier alpha value is -3.38. The predicted octanol–water partition coefficient (Wildman–Crippen LogP) is 3.97. The third-order valence-corrected chi connectivity index (χ3v) is 6.56. The van der Waals surface area contributed by atoms with Gasteiger partial charge in [0.1, 0.15) is 28.8 Å². The van der Waals surface area contributed by atoms with E-state index in [0.29, 0.717) is 18.4 Å². The molecule has 8 nitrogen and oxygen atoms in total. The second-order valence-electron chi connectivity index (χ2n) is 9.78. The molecule has 3 heterocycles. The number of aliphatic hydroxyl groups excluding tert-OH is 1. The summed E-state index contributed by atoms with van der Waals surface area (Å²) in [6.07, 6.45) is 1.89. The van der Waals surface area contributed by atoms with Crippen molar-refractivity contribution in [2.45, 2.75) is 63.6 Å². The topological polar surface area (TPSA) is 131 Å². The maximum Gasteiger partial charge on any atom is 0.274 e. The van der Waals surface area contributed by atoms with Crippen LogP contribution in [-0.2, 0) is 10.3 Å². The Kier molecular flexibility index (Phi) is 7.84. The number of carbonyl (C=O) groups excluding carboxylic acids is 1. The Labute approximate surface area is 217 Å². The summed E-state index contributed by atoms with van der Waals surface area (Å²) in [5.41, 5.74) is 3.62. The number of pyridine rings is 2. The molecule has 1 aromatic carbocycles. The molecule has 1 saturated heterocycles. The van der Waals surface area contributed by atoms with Crippen molar-refractivity contribution in [2.75, 3.05) is 5.32 Å². The number of ether oxygens (including phenoxy) is 1. The van der Waals surface area contributed by atoms with Gasteiger partial charge in [-0.05, 0) is 62.6 Å². The van der Waals surface area contributed by atoms with Crippen molar-refractivity contribution in [1.82, 2.24) is 9.97 Å². The highest BCUT2D eigenvalue weighted by atomic mass is 19.1. The Morgan fingerprint density at radius 2 is 1.87 bits per heavy atom. The molecule has 1 fully saturated rings. The van der Waals surface area contributed by atoms with Crippen molar-refractivity contribution in [2.24, 2.45) is 5.73 Å². The van der Waals surface area contributed by atoms with E-state index in [9.17, 15) is 28.2 Å². The van der Waals surface area contributed by atoms with Crippen molar-refractivity contribution in [3.63, 3.8) is 0 Å².